The highest BCUT2D eigenvalue weighted by Crippen LogP contribution is 2.37. The number of Topliss-reactive ketones (excluding diaryl/α,β-unsaturated/α-hetero) is 4. The van der Waals surface area contributed by atoms with E-state index in [9.17, 15) is 39.0 Å². The first-order valence-electron chi connectivity index (χ1n) is 25.3. The Morgan fingerprint density at radius 3 is 1.37 bits per heavy atom. The summed E-state index contributed by atoms with van der Waals surface area (Å²) in [5, 5.41) is 20.7. The third-order valence-electron chi connectivity index (χ3n) is 14.3. The number of aryl methyl sites for hydroxylation is 3. The van der Waals surface area contributed by atoms with Crippen LogP contribution in [0.5, 0.6) is 0 Å². The van der Waals surface area contributed by atoms with Gasteiger partial charge in [-0.3, -0.25) is 28.8 Å². The average molecular weight is 1010 g/mol. The fourth-order valence-electron chi connectivity index (χ4n) is 9.46. The van der Waals surface area contributed by atoms with Gasteiger partial charge in [0.15, 0.2) is 11.6 Å². The molecule has 2 aliphatic rings. The number of likely N-dealkylation sites (tertiary alicyclic amines) is 2. The Hall–Kier alpha value is -4.76. The maximum absolute atomic E-state index is 13.7. The third-order valence-corrected chi connectivity index (χ3v) is 16.2. The number of thiazole rings is 2. The van der Waals surface area contributed by atoms with E-state index in [0.29, 0.717) is 12.8 Å². The van der Waals surface area contributed by atoms with E-state index in [0.717, 1.165) is 43.4 Å². The van der Waals surface area contributed by atoms with Crippen LogP contribution in [-0.4, -0.2) is 102 Å². The molecule has 0 spiro atoms. The number of aliphatic hydroxyl groups is 2. The monoisotopic (exact) mass is 1010 g/mol. The SMILES string of the molecule is Cc1ncsc1-c1ccc(CCC(=O)[C@@H]2C[C@@H](O)CN2C(=O)[C@@H](CC(=O)C(C)C)C(C)(C)C)cc1.Cc1ncsc1-c1ccc([C@H](C)CC(=O)[C@@H]2C[C@@H](O)CN2C(=O)[C@@H](CC(=O)C(C)C)C(C)(C)C)cc1. The van der Waals surface area contributed by atoms with Crippen LogP contribution >= 0.6 is 22.7 Å². The van der Waals surface area contributed by atoms with E-state index in [1.165, 1.54) is 4.90 Å². The Kier molecular flexibility index (Phi) is 19.6. The van der Waals surface area contributed by atoms with Gasteiger partial charge in [0.2, 0.25) is 11.8 Å². The van der Waals surface area contributed by atoms with Crippen LogP contribution in [-0.2, 0) is 35.2 Å². The number of hydrogen-bond donors (Lipinski definition) is 2. The largest absolute Gasteiger partial charge is 0.391 e. The van der Waals surface area contributed by atoms with Gasteiger partial charge in [-0.2, -0.15) is 0 Å². The number of carbonyl (C=O) groups excluding carboxylic acids is 6. The zero-order chi connectivity index (χ0) is 52.7. The summed E-state index contributed by atoms with van der Waals surface area (Å²) < 4.78 is 0. The zero-order valence-electron chi connectivity index (χ0n) is 44.3. The van der Waals surface area contributed by atoms with Gasteiger partial charge in [-0.05, 0) is 59.3 Å². The molecule has 7 atom stereocenters. The van der Waals surface area contributed by atoms with Crippen molar-refractivity contribution in [1.29, 1.82) is 0 Å². The van der Waals surface area contributed by atoms with Gasteiger partial charge in [0.25, 0.3) is 0 Å². The van der Waals surface area contributed by atoms with Crippen molar-refractivity contribution < 1.29 is 39.0 Å². The first kappa shape index (κ1) is 57.1. The van der Waals surface area contributed by atoms with E-state index in [4.69, 9.17) is 0 Å². The molecule has 2 aromatic carbocycles. The van der Waals surface area contributed by atoms with Crippen molar-refractivity contribution in [2.24, 2.45) is 34.5 Å². The summed E-state index contributed by atoms with van der Waals surface area (Å²) in [6.07, 6.45) is 0.492. The summed E-state index contributed by atoms with van der Waals surface area (Å²) in [6, 6.07) is 15.1. The fourth-order valence-corrected chi connectivity index (χ4v) is 11.1. The maximum Gasteiger partial charge on any atom is 0.227 e. The van der Waals surface area contributed by atoms with Crippen molar-refractivity contribution in [2.45, 2.75) is 165 Å². The van der Waals surface area contributed by atoms with E-state index in [2.05, 4.69) is 34.2 Å². The van der Waals surface area contributed by atoms with Gasteiger partial charge in [-0.25, -0.2) is 9.97 Å². The number of rotatable bonds is 18. The number of hydrogen-bond acceptors (Lipinski definition) is 12. The summed E-state index contributed by atoms with van der Waals surface area (Å²) in [6.45, 7) is 25.3. The quantitative estimate of drug-likeness (QED) is 0.0976. The third kappa shape index (κ3) is 14.9. The predicted octanol–water partition coefficient (Wildman–Crippen LogP) is 10.3. The minimum absolute atomic E-state index is 0.0234. The van der Waals surface area contributed by atoms with Gasteiger partial charge in [0.05, 0.1) is 56.5 Å². The van der Waals surface area contributed by atoms with Gasteiger partial charge < -0.3 is 20.0 Å². The molecule has 0 aliphatic carbocycles. The standard InChI is InChI=1S/C29H40N2O4S.C28H38N2O4S/c1-17(2)25(33)14-23(29(5,6)7)28(35)31-15-22(32)13-24(31)26(34)12-18(3)20-8-10-21(11-9-20)27-19(4)30-16-36-27;1-17(2)25(33)14-22(28(4,5)6)27(34)30-15-21(31)13-23(30)24(32)12-9-19-7-10-20(11-8-19)26-18(3)29-16-35-26/h8-11,16-18,22-24,32H,12-15H2,1-7H3;7-8,10-11,16-17,21-23,31H,9,12-15H2,1-6H3/t18-,22-,23-,24+;21-,22-,23+/m11/s1. The number of carbonyl (C=O) groups is 6. The Bertz CT molecular complexity index is 2480. The lowest BCUT2D eigenvalue weighted by Crippen LogP contribution is -2.47. The molecule has 0 bridgehead atoms. The van der Waals surface area contributed by atoms with Gasteiger partial charge in [0, 0.05) is 75.3 Å². The van der Waals surface area contributed by atoms with Crippen LogP contribution in [0.4, 0.5) is 0 Å². The lowest BCUT2D eigenvalue weighted by molar-refractivity contribution is -0.146. The minimum atomic E-state index is -0.735. The molecule has 4 aromatic rings. The molecule has 2 N–H and O–H groups in total. The smallest absolute Gasteiger partial charge is 0.227 e. The van der Waals surface area contributed by atoms with Gasteiger partial charge in [0.1, 0.15) is 11.6 Å². The molecule has 2 saturated heterocycles. The highest BCUT2D eigenvalue weighted by atomic mass is 32.1. The molecule has 71 heavy (non-hydrogen) atoms. The van der Waals surface area contributed by atoms with Crippen molar-refractivity contribution in [1.82, 2.24) is 19.8 Å². The van der Waals surface area contributed by atoms with Crippen LogP contribution < -0.4 is 0 Å². The molecular weight excluding hydrogens is 933 g/mol. The summed E-state index contributed by atoms with van der Waals surface area (Å²) in [5.74, 6) is -1.81. The topological polar surface area (TPSA) is 175 Å². The molecule has 0 unspecified atom stereocenters. The highest BCUT2D eigenvalue weighted by Gasteiger charge is 2.46. The average Bonchev–Trinajstić information content (AvgIpc) is 4.12. The molecule has 4 heterocycles. The van der Waals surface area contributed by atoms with Gasteiger partial charge >= 0.3 is 0 Å². The second-order valence-corrected chi connectivity index (χ2v) is 24.4. The molecular formula is C57H78N4O8S2. The van der Waals surface area contributed by atoms with E-state index >= 15 is 0 Å². The zero-order valence-corrected chi connectivity index (χ0v) is 45.9. The Balaban J connectivity index is 0.000000264. The van der Waals surface area contributed by atoms with Gasteiger partial charge in [-0.1, -0.05) is 125 Å². The van der Waals surface area contributed by atoms with Crippen molar-refractivity contribution in [3.05, 3.63) is 82.1 Å². The van der Waals surface area contributed by atoms with Gasteiger partial charge in [-0.15, -0.1) is 22.7 Å². The first-order valence-corrected chi connectivity index (χ1v) is 27.0. The van der Waals surface area contributed by atoms with Crippen LogP contribution in [0.25, 0.3) is 20.9 Å². The van der Waals surface area contributed by atoms with Crippen LogP contribution in [0.3, 0.4) is 0 Å². The molecule has 2 aliphatic heterocycles. The molecule has 12 nitrogen and oxygen atoms in total. The van der Waals surface area contributed by atoms with Crippen LogP contribution in [0, 0.1) is 48.3 Å². The summed E-state index contributed by atoms with van der Waals surface area (Å²) in [5.41, 5.74) is 9.15. The van der Waals surface area contributed by atoms with E-state index in [1.54, 1.807) is 27.6 Å². The molecule has 0 saturated carbocycles. The lowest BCUT2D eigenvalue weighted by atomic mass is 9.75. The normalized spacial score (nSPS) is 19.6. The summed E-state index contributed by atoms with van der Waals surface area (Å²) in [7, 11) is 0. The Labute approximate surface area is 430 Å². The summed E-state index contributed by atoms with van der Waals surface area (Å²) in [4.78, 5) is 92.8. The molecule has 2 amide bonds. The van der Waals surface area contributed by atoms with Crippen molar-refractivity contribution in [2.75, 3.05) is 13.1 Å². The number of nitrogens with zero attached hydrogens (tertiary/aromatic N) is 4. The number of amides is 2. The Morgan fingerprint density at radius 2 is 1.00 bits per heavy atom. The molecule has 386 valence electrons. The highest BCUT2D eigenvalue weighted by molar-refractivity contribution is 7.13. The van der Waals surface area contributed by atoms with Crippen LogP contribution in [0.2, 0.25) is 0 Å². The molecule has 2 fully saturated rings. The van der Waals surface area contributed by atoms with Crippen LogP contribution in [0.1, 0.15) is 143 Å². The predicted molar refractivity (Wildman–Crippen MR) is 283 cm³/mol. The molecule has 0 radical (unpaired) electrons. The second kappa shape index (κ2) is 24.3. The fraction of sp³-hybridized carbons (Fsp3) is 0.579. The number of benzene rings is 2. The minimum Gasteiger partial charge on any atom is -0.391 e. The number of aromatic nitrogens is 2. The van der Waals surface area contributed by atoms with Crippen molar-refractivity contribution in [3.8, 4) is 20.9 Å². The van der Waals surface area contributed by atoms with Crippen molar-refractivity contribution >= 4 is 57.6 Å². The maximum atomic E-state index is 13.7. The Morgan fingerprint density at radius 1 is 0.606 bits per heavy atom. The number of ketones is 4. The van der Waals surface area contributed by atoms with Crippen molar-refractivity contribution in [3.63, 3.8) is 0 Å². The van der Waals surface area contributed by atoms with Crippen LogP contribution in [0.15, 0.2) is 59.6 Å². The van der Waals surface area contributed by atoms with E-state index in [-0.39, 0.29) is 97.9 Å². The second-order valence-electron chi connectivity index (χ2n) is 22.7. The lowest BCUT2D eigenvalue weighted by Gasteiger charge is -2.35. The van der Waals surface area contributed by atoms with E-state index in [1.807, 2.05) is 125 Å². The molecule has 14 heteroatoms. The summed E-state index contributed by atoms with van der Waals surface area (Å²) >= 11 is 3.22. The number of β-amino-alcohol motifs (C(OH)–C–C–N with tert-alkyl or cyclic N) is 2. The molecule has 6 rings (SSSR count). The molecule has 2 aromatic heterocycles. The number of aliphatic hydroxyl groups excluding tert-OH is 2. The first-order chi connectivity index (χ1) is 33.2. The van der Waals surface area contributed by atoms with E-state index < -0.39 is 47.0 Å².